The molecule has 1 amide bonds. The van der Waals surface area contributed by atoms with Crippen LogP contribution >= 0.6 is 11.6 Å². The summed E-state index contributed by atoms with van der Waals surface area (Å²) in [4.78, 5) is 13.4. The average molecular weight is 229 g/mol. The van der Waals surface area contributed by atoms with Crippen molar-refractivity contribution in [2.24, 2.45) is 0 Å². The zero-order chi connectivity index (χ0) is 11.0. The molecular weight excluding hydrogens is 216 g/mol. The van der Waals surface area contributed by atoms with E-state index in [9.17, 15) is 4.79 Å². The smallest absolute Gasteiger partial charge is 0.240 e. The summed E-state index contributed by atoms with van der Waals surface area (Å²) in [7, 11) is 0. The van der Waals surface area contributed by atoms with Crippen LogP contribution in [0.15, 0.2) is 4.52 Å². The van der Waals surface area contributed by atoms with E-state index in [0.29, 0.717) is 13.1 Å². The van der Waals surface area contributed by atoms with Crippen molar-refractivity contribution in [2.75, 3.05) is 6.54 Å². The summed E-state index contributed by atoms with van der Waals surface area (Å²) in [5.41, 5.74) is 2.07. The van der Waals surface area contributed by atoms with Crippen LogP contribution in [0.25, 0.3) is 0 Å². The topological polar surface area (TPSA) is 46.3 Å². The first-order valence-corrected chi connectivity index (χ1v) is 5.40. The second-order valence-electron chi connectivity index (χ2n) is 3.80. The largest absolute Gasteiger partial charge is 0.359 e. The predicted octanol–water partition coefficient (Wildman–Crippen LogP) is 1.50. The third-order valence-electron chi connectivity index (χ3n) is 2.68. The molecule has 1 aromatic heterocycles. The maximum Gasteiger partial charge on any atom is 0.240 e. The highest BCUT2D eigenvalue weighted by Gasteiger charge is 2.27. The highest BCUT2D eigenvalue weighted by Crippen LogP contribution is 2.22. The summed E-state index contributed by atoms with van der Waals surface area (Å²) >= 11 is 5.76. The molecule has 1 unspecified atom stereocenters. The van der Waals surface area contributed by atoms with Gasteiger partial charge in [-0.05, 0) is 20.3 Å². The Morgan fingerprint density at radius 1 is 1.67 bits per heavy atom. The van der Waals surface area contributed by atoms with Crippen LogP contribution in [-0.4, -0.2) is 27.9 Å². The molecule has 2 heterocycles. The number of aryl methyl sites for hydroxylation is 1. The predicted molar refractivity (Wildman–Crippen MR) is 55.7 cm³/mol. The first-order valence-electron chi connectivity index (χ1n) is 4.96. The molecule has 0 aromatic carbocycles. The zero-order valence-corrected chi connectivity index (χ0v) is 9.54. The lowest BCUT2D eigenvalue weighted by atomic mass is 10.1. The molecule has 1 atom stereocenters. The first kappa shape index (κ1) is 10.5. The van der Waals surface area contributed by atoms with Crippen molar-refractivity contribution in [3.05, 3.63) is 17.0 Å². The van der Waals surface area contributed by atoms with E-state index in [1.54, 1.807) is 11.8 Å². The molecule has 0 radical (unpaired) electrons. The number of hydrogen-bond acceptors (Lipinski definition) is 3. The van der Waals surface area contributed by atoms with E-state index >= 15 is 0 Å². The second-order valence-corrected chi connectivity index (χ2v) is 4.45. The van der Waals surface area contributed by atoms with E-state index in [-0.39, 0.29) is 5.91 Å². The van der Waals surface area contributed by atoms with Gasteiger partial charge in [0.05, 0.1) is 12.2 Å². The Balaban J connectivity index is 2.16. The van der Waals surface area contributed by atoms with Gasteiger partial charge in [0.25, 0.3) is 0 Å². The molecule has 0 saturated heterocycles. The summed E-state index contributed by atoms with van der Waals surface area (Å²) in [5.74, 6) is 0.751. The number of alkyl halides is 1. The fraction of sp³-hybridized carbons (Fsp3) is 0.600. The van der Waals surface area contributed by atoms with Crippen molar-refractivity contribution in [2.45, 2.75) is 32.2 Å². The molecule has 5 heteroatoms. The molecule has 0 N–H and O–H groups in total. The number of rotatable bonds is 1. The molecule has 2 rings (SSSR count). The Bertz CT molecular complexity index is 387. The van der Waals surface area contributed by atoms with E-state index < -0.39 is 5.38 Å². The Morgan fingerprint density at radius 3 is 3.07 bits per heavy atom. The van der Waals surface area contributed by atoms with Gasteiger partial charge in [-0.15, -0.1) is 11.6 Å². The van der Waals surface area contributed by atoms with E-state index in [4.69, 9.17) is 16.1 Å². The summed E-state index contributed by atoms with van der Waals surface area (Å²) in [6, 6.07) is 0. The minimum absolute atomic E-state index is 0.0450. The Morgan fingerprint density at radius 2 is 2.40 bits per heavy atom. The van der Waals surface area contributed by atoms with Crippen LogP contribution in [-0.2, 0) is 17.8 Å². The summed E-state index contributed by atoms with van der Waals surface area (Å²) in [6.07, 6.45) is 0.806. The van der Waals surface area contributed by atoms with Gasteiger partial charge in [0, 0.05) is 12.1 Å². The third-order valence-corrected chi connectivity index (χ3v) is 2.87. The monoisotopic (exact) mass is 228 g/mol. The molecule has 1 aromatic rings. The quantitative estimate of drug-likeness (QED) is 0.685. The number of hydrogen-bond donors (Lipinski definition) is 0. The Labute approximate surface area is 93.2 Å². The van der Waals surface area contributed by atoms with Crippen LogP contribution in [0.5, 0.6) is 0 Å². The van der Waals surface area contributed by atoms with Gasteiger partial charge in [0.1, 0.15) is 5.38 Å². The van der Waals surface area contributed by atoms with Gasteiger partial charge in [-0.2, -0.15) is 0 Å². The number of carbonyl (C=O) groups excluding carboxylic acids is 1. The summed E-state index contributed by atoms with van der Waals surface area (Å²) in [6.45, 7) is 4.80. The van der Waals surface area contributed by atoms with E-state index in [1.807, 2.05) is 6.92 Å². The van der Waals surface area contributed by atoms with Crippen LogP contribution in [0.4, 0.5) is 0 Å². The van der Waals surface area contributed by atoms with Crippen LogP contribution in [0.2, 0.25) is 0 Å². The molecule has 15 heavy (non-hydrogen) atoms. The van der Waals surface area contributed by atoms with E-state index in [1.165, 1.54) is 0 Å². The number of aromatic nitrogens is 1. The molecule has 0 bridgehead atoms. The lowest BCUT2D eigenvalue weighted by molar-refractivity contribution is -0.131. The Hall–Kier alpha value is -1.03. The number of carbonyl (C=O) groups is 1. The summed E-state index contributed by atoms with van der Waals surface area (Å²) < 4.78 is 5.16. The number of halogens is 1. The SMILES string of the molecule is Cc1noc2c1CCN(C(=O)C(C)Cl)C2. The van der Waals surface area contributed by atoms with Crippen LogP contribution in [0, 0.1) is 6.92 Å². The van der Waals surface area contributed by atoms with Gasteiger partial charge in [-0.1, -0.05) is 5.16 Å². The highest BCUT2D eigenvalue weighted by atomic mass is 35.5. The summed E-state index contributed by atoms with van der Waals surface area (Å²) in [5, 5.41) is 3.41. The molecule has 4 nitrogen and oxygen atoms in total. The molecule has 0 aliphatic carbocycles. The average Bonchev–Trinajstić information content (AvgIpc) is 2.59. The molecule has 1 aliphatic heterocycles. The molecule has 82 valence electrons. The van der Waals surface area contributed by atoms with Crippen molar-refractivity contribution >= 4 is 17.5 Å². The van der Waals surface area contributed by atoms with Crippen molar-refractivity contribution in [3.8, 4) is 0 Å². The van der Waals surface area contributed by atoms with Gasteiger partial charge in [0.15, 0.2) is 5.76 Å². The number of fused-ring (bicyclic) bond motifs is 1. The second kappa shape index (κ2) is 3.85. The maximum atomic E-state index is 11.6. The van der Waals surface area contributed by atoms with Gasteiger partial charge < -0.3 is 9.42 Å². The minimum Gasteiger partial charge on any atom is -0.359 e. The van der Waals surface area contributed by atoms with Gasteiger partial charge in [-0.25, -0.2) is 0 Å². The molecule has 0 spiro atoms. The highest BCUT2D eigenvalue weighted by molar-refractivity contribution is 6.30. The maximum absolute atomic E-state index is 11.6. The van der Waals surface area contributed by atoms with E-state index in [2.05, 4.69) is 5.16 Å². The fourth-order valence-electron chi connectivity index (χ4n) is 1.82. The lowest BCUT2D eigenvalue weighted by Crippen LogP contribution is -2.39. The fourth-order valence-corrected chi connectivity index (χ4v) is 1.96. The van der Waals surface area contributed by atoms with Gasteiger partial charge in [0.2, 0.25) is 5.91 Å². The van der Waals surface area contributed by atoms with Crippen molar-refractivity contribution in [1.82, 2.24) is 10.1 Å². The normalized spacial score (nSPS) is 17.4. The van der Waals surface area contributed by atoms with Crippen molar-refractivity contribution < 1.29 is 9.32 Å². The zero-order valence-electron chi connectivity index (χ0n) is 8.79. The van der Waals surface area contributed by atoms with Gasteiger partial charge >= 0.3 is 0 Å². The molecule has 0 fully saturated rings. The van der Waals surface area contributed by atoms with Crippen LogP contribution in [0.1, 0.15) is 23.9 Å². The van der Waals surface area contributed by atoms with Crippen molar-refractivity contribution in [3.63, 3.8) is 0 Å². The van der Waals surface area contributed by atoms with Crippen molar-refractivity contribution in [1.29, 1.82) is 0 Å². The standard InChI is InChI=1S/C10H13ClN2O2/c1-6(11)10(14)13-4-3-8-7(2)12-15-9(8)5-13/h6H,3-5H2,1-2H3. The molecular formula is C10H13ClN2O2. The third kappa shape index (κ3) is 1.86. The van der Waals surface area contributed by atoms with E-state index in [0.717, 1.165) is 23.4 Å². The number of nitrogens with zero attached hydrogens (tertiary/aromatic N) is 2. The van der Waals surface area contributed by atoms with Gasteiger partial charge in [-0.3, -0.25) is 4.79 Å². The molecule has 0 saturated carbocycles. The number of amides is 1. The van der Waals surface area contributed by atoms with Crippen LogP contribution < -0.4 is 0 Å². The lowest BCUT2D eigenvalue weighted by Gasteiger charge is -2.26. The Kier molecular flexibility index (Phi) is 2.69. The van der Waals surface area contributed by atoms with Crippen LogP contribution in [0.3, 0.4) is 0 Å². The molecule has 1 aliphatic rings. The minimum atomic E-state index is -0.476. The first-order chi connectivity index (χ1) is 7.09.